The lowest BCUT2D eigenvalue weighted by molar-refractivity contribution is -0.140. The molecule has 3 heterocycles. The van der Waals surface area contributed by atoms with Crippen LogP contribution in [0, 0.1) is 0 Å². The van der Waals surface area contributed by atoms with Crippen molar-refractivity contribution >= 4 is 23.6 Å². The van der Waals surface area contributed by atoms with Crippen molar-refractivity contribution < 1.29 is 19.4 Å². The molecule has 3 aliphatic rings. The number of imidazole rings is 1. The van der Waals surface area contributed by atoms with Gasteiger partial charge in [-0.1, -0.05) is 60.5 Å². The molecule has 268 valence electrons. The molecule has 11 heteroatoms. The minimum Gasteiger partial charge on any atom is -0.446 e. The highest BCUT2D eigenvalue weighted by Crippen LogP contribution is 2.38. The van der Waals surface area contributed by atoms with Gasteiger partial charge in [0.2, 0.25) is 5.91 Å². The standard InChI is InChI=1S/C40H47ClN6O4/c41-32-16-17-34-31(25-32)15-14-30-11-7-18-43-37(30)38(34)45-23-24-47(40(50)51-33-12-5-2-6-13-33)35(27-45)39(49)46(26-29-9-3-1-4-10-29)21-8-20-44-22-19-42-36(44)28-48/h1,3-4,7,9-11,16-19,22,25,33,35,38,48H,2,5-6,8,12-15,20-21,23-24,26-28H2/t35-,38+/m1/s1. The molecule has 1 saturated heterocycles. The number of aryl methyl sites for hydroxylation is 3. The van der Waals surface area contributed by atoms with Crippen molar-refractivity contribution in [1.82, 2.24) is 29.2 Å². The molecule has 1 aliphatic heterocycles. The predicted molar refractivity (Wildman–Crippen MR) is 195 cm³/mol. The zero-order chi connectivity index (χ0) is 35.2. The number of aromatic nitrogens is 3. The number of carbonyl (C=O) groups excluding carboxylic acids is 2. The molecule has 10 nitrogen and oxygen atoms in total. The molecule has 7 rings (SSSR count). The second kappa shape index (κ2) is 16.4. The topological polar surface area (TPSA) is 104 Å². The molecular formula is C40H47ClN6O4. The van der Waals surface area contributed by atoms with Gasteiger partial charge in [-0.05, 0) is 85.4 Å². The summed E-state index contributed by atoms with van der Waals surface area (Å²) in [5, 5.41) is 10.4. The van der Waals surface area contributed by atoms with Crippen molar-refractivity contribution in [2.24, 2.45) is 0 Å². The summed E-state index contributed by atoms with van der Waals surface area (Å²) < 4.78 is 8.05. The van der Waals surface area contributed by atoms with Crippen molar-refractivity contribution in [3.63, 3.8) is 0 Å². The maximum atomic E-state index is 15.0. The quantitative estimate of drug-likeness (QED) is 0.210. The molecule has 1 saturated carbocycles. The van der Waals surface area contributed by atoms with Crippen LogP contribution in [0.3, 0.4) is 0 Å². The Kier molecular flexibility index (Phi) is 11.3. The minimum absolute atomic E-state index is 0.108. The SMILES string of the molecule is O=C([C@H]1CN([C@H]2c3ccc(Cl)cc3CCc3cccnc32)CCN1C(=O)OC1CCCCC1)N(CCCn1ccnc1CO)Cc1ccccc1. The van der Waals surface area contributed by atoms with Crippen molar-refractivity contribution in [3.05, 3.63) is 118 Å². The van der Waals surface area contributed by atoms with Gasteiger partial charge in [-0.2, -0.15) is 0 Å². The number of aliphatic hydroxyl groups is 1. The normalized spacial score (nSPS) is 19.5. The summed E-state index contributed by atoms with van der Waals surface area (Å²) in [6, 6.07) is 19.3. The fraction of sp³-hybridized carbons (Fsp3) is 0.450. The summed E-state index contributed by atoms with van der Waals surface area (Å²) in [4.78, 5) is 44.1. The second-order valence-electron chi connectivity index (χ2n) is 13.9. The lowest BCUT2D eigenvalue weighted by Gasteiger charge is -2.45. The molecule has 2 aromatic carbocycles. The third-order valence-electron chi connectivity index (χ3n) is 10.7. The van der Waals surface area contributed by atoms with Crippen LogP contribution in [0.1, 0.15) is 78.3 Å². The number of piperazine rings is 1. The Morgan fingerprint density at radius 2 is 1.76 bits per heavy atom. The number of rotatable bonds is 10. The predicted octanol–water partition coefficient (Wildman–Crippen LogP) is 6.19. The summed E-state index contributed by atoms with van der Waals surface area (Å²) in [6.45, 7) is 2.59. The Labute approximate surface area is 305 Å². The van der Waals surface area contributed by atoms with Gasteiger partial charge in [0.15, 0.2) is 0 Å². The van der Waals surface area contributed by atoms with Gasteiger partial charge in [-0.15, -0.1) is 0 Å². The van der Waals surface area contributed by atoms with Crippen LogP contribution in [0.25, 0.3) is 0 Å². The summed E-state index contributed by atoms with van der Waals surface area (Å²) in [7, 11) is 0. The number of nitrogens with zero attached hydrogens (tertiary/aromatic N) is 6. The van der Waals surface area contributed by atoms with Crippen molar-refractivity contribution in [2.75, 3.05) is 26.2 Å². The molecular weight excluding hydrogens is 664 g/mol. The van der Waals surface area contributed by atoms with E-state index in [0.717, 1.165) is 61.8 Å². The molecule has 2 atom stereocenters. The highest BCUT2D eigenvalue weighted by Gasteiger charge is 2.42. The largest absolute Gasteiger partial charge is 0.446 e. The first-order valence-electron chi connectivity index (χ1n) is 18.4. The minimum atomic E-state index is -0.758. The smallest absolute Gasteiger partial charge is 0.410 e. The number of carbonyl (C=O) groups is 2. The Balaban J connectivity index is 1.21. The molecule has 0 radical (unpaired) electrons. The van der Waals surface area contributed by atoms with Gasteiger partial charge in [0.25, 0.3) is 0 Å². The highest BCUT2D eigenvalue weighted by molar-refractivity contribution is 6.30. The van der Waals surface area contributed by atoms with Gasteiger partial charge in [-0.3, -0.25) is 19.6 Å². The van der Waals surface area contributed by atoms with Crippen LogP contribution in [-0.4, -0.2) is 84.7 Å². The summed E-state index contributed by atoms with van der Waals surface area (Å²) in [5.74, 6) is 0.484. The van der Waals surface area contributed by atoms with E-state index in [1.165, 1.54) is 11.1 Å². The third kappa shape index (κ3) is 8.14. The van der Waals surface area contributed by atoms with Crippen LogP contribution >= 0.6 is 11.6 Å². The number of fused-ring (bicyclic) bond motifs is 2. The molecule has 2 aromatic heterocycles. The molecule has 2 aliphatic carbocycles. The summed E-state index contributed by atoms with van der Waals surface area (Å²) in [5.41, 5.74) is 5.51. The Morgan fingerprint density at radius 3 is 2.59 bits per heavy atom. The first kappa shape index (κ1) is 35.2. The van der Waals surface area contributed by atoms with Gasteiger partial charge in [0, 0.05) is 62.9 Å². The van der Waals surface area contributed by atoms with Crippen LogP contribution in [0.2, 0.25) is 5.02 Å². The van der Waals surface area contributed by atoms with Crippen LogP contribution in [-0.2, 0) is 42.1 Å². The summed E-state index contributed by atoms with van der Waals surface area (Å²) in [6.07, 6.45) is 12.2. The number of benzene rings is 2. The van der Waals surface area contributed by atoms with Crippen molar-refractivity contribution in [3.8, 4) is 0 Å². The van der Waals surface area contributed by atoms with Crippen LogP contribution in [0.15, 0.2) is 79.3 Å². The average molecular weight is 711 g/mol. The number of amides is 2. The average Bonchev–Trinajstić information content (AvgIpc) is 3.56. The number of aliphatic hydroxyl groups excluding tert-OH is 1. The third-order valence-corrected chi connectivity index (χ3v) is 10.9. The van der Waals surface area contributed by atoms with Gasteiger partial charge in [0.05, 0.1) is 11.7 Å². The highest BCUT2D eigenvalue weighted by atomic mass is 35.5. The maximum Gasteiger partial charge on any atom is 0.410 e. The lowest BCUT2D eigenvalue weighted by atomic mass is 9.95. The second-order valence-corrected chi connectivity index (χ2v) is 14.4. The van der Waals surface area contributed by atoms with E-state index >= 15 is 4.79 Å². The van der Waals surface area contributed by atoms with Crippen LogP contribution in [0.4, 0.5) is 4.79 Å². The molecule has 2 fully saturated rings. The molecule has 51 heavy (non-hydrogen) atoms. The lowest BCUT2D eigenvalue weighted by Crippen LogP contribution is -2.62. The van der Waals surface area contributed by atoms with E-state index in [1.54, 1.807) is 11.1 Å². The van der Waals surface area contributed by atoms with Crippen LogP contribution in [0.5, 0.6) is 0 Å². The van der Waals surface area contributed by atoms with E-state index < -0.39 is 12.1 Å². The molecule has 1 N–H and O–H groups in total. The summed E-state index contributed by atoms with van der Waals surface area (Å²) >= 11 is 6.51. The first-order valence-corrected chi connectivity index (χ1v) is 18.7. The van der Waals surface area contributed by atoms with E-state index in [-0.39, 0.29) is 24.7 Å². The number of hydrogen-bond acceptors (Lipinski definition) is 7. The van der Waals surface area contributed by atoms with Crippen LogP contribution < -0.4 is 0 Å². The number of halogens is 1. The van der Waals surface area contributed by atoms with E-state index in [4.69, 9.17) is 21.3 Å². The Morgan fingerprint density at radius 1 is 0.941 bits per heavy atom. The molecule has 0 spiro atoms. The maximum absolute atomic E-state index is 15.0. The van der Waals surface area contributed by atoms with E-state index in [1.807, 2.05) is 64.3 Å². The zero-order valence-corrected chi connectivity index (χ0v) is 29.8. The van der Waals surface area contributed by atoms with Crippen molar-refractivity contribution in [2.45, 2.75) is 89.3 Å². The number of pyridine rings is 1. The van der Waals surface area contributed by atoms with E-state index in [2.05, 4.69) is 28.1 Å². The van der Waals surface area contributed by atoms with E-state index in [9.17, 15) is 9.90 Å². The van der Waals surface area contributed by atoms with Gasteiger partial charge in [-0.25, -0.2) is 9.78 Å². The Hall–Kier alpha value is -4.25. The fourth-order valence-electron chi connectivity index (χ4n) is 8.02. The molecule has 0 unspecified atom stereocenters. The monoisotopic (exact) mass is 710 g/mol. The van der Waals surface area contributed by atoms with E-state index in [0.29, 0.717) is 56.5 Å². The number of hydrogen-bond donors (Lipinski definition) is 1. The van der Waals surface area contributed by atoms with Gasteiger partial charge >= 0.3 is 6.09 Å². The number of ether oxygens (including phenoxy) is 1. The zero-order valence-electron chi connectivity index (χ0n) is 29.1. The fourth-order valence-corrected chi connectivity index (χ4v) is 8.22. The van der Waals surface area contributed by atoms with Crippen molar-refractivity contribution in [1.29, 1.82) is 0 Å². The van der Waals surface area contributed by atoms with Gasteiger partial charge < -0.3 is 19.3 Å². The van der Waals surface area contributed by atoms with Gasteiger partial charge in [0.1, 0.15) is 24.6 Å². The molecule has 0 bridgehead atoms. The molecule has 2 amide bonds. The first-order chi connectivity index (χ1) is 25.0. The molecule has 4 aromatic rings. The Bertz CT molecular complexity index is 1790.